The molecule has 8 heteroatoms. The molecule has 304 valence electrons. The summed E-state index contributed by atoms with van der Waals surface area (Å²) in [6.07, 6.45) is -0.876. The molecule has 8 rings (SSSR count). The Kier molecular flexibility index (Phi) is 12.7. The molecule has 0 spiro atoms. The first-order chi connectivity index (χ1) is 29.3. The van der Waals surface area contributed by atoms with Crippen molar-refractivity contribution in [2.45, 2.75) is 63.5 Å². The van der Waals surface area contributed by atoms with Gasteiger partial charge in [-0.2, -0.15) is 0 Å². The molecule has 1 saturated heterocycles. The fourth-order valence-corrected chi connectivity index (χ4v) is 8.42. The number of likely N-dealkylation sites (N-methyl/N-ethyl adjacent to an activating group) is 1. The molecule has 2 amide bonds. The van der Waals surface area contributed by atoms with Crippen LogP contribution >= 0.6 is 0 Å². The number of fused-ring (bicyclic) bond motifs is 2. The topological polar surface area (TPSA) is 100 Å². The predicted octanol–water partition coefficient (Wildman–Crippen LogP) is 9.56. The van der Waals surface area contributed by atoms with Crippen LogP contribution in [0.25, 0.3) is 21.5 Å². The number of aliphatic hydroxyl groups is 1. The molecule has 0 aromatic heterocycles. The number of benzene rings is 7. The monoisotopic (exact) mass is 797 g/mol. The van der Waals surface area contributed by atoms with Crippen LogP contribution in [0.5, 0.6) is 0 Å². The number of urea groups is 1. The van der Waals surface area contributed by atoms with Crippen LogP contribution in [0.3, 0.4) is 0 Å². The number of carbonyl (C=O) groups excluding carboxylic acids is 2. The lowest BCUT2D eigenvalue weighted by Gasteiger charge is -2.44. The lowest BCUT2D eigenvalue weighted by atomic mass is 9.83. The second-order valence-corrected chi connectivity index (χ2v) is 15.8. The Labute approximate surface area is 351 Å². The molecule has 5 unspecified atom stereocenters. The van der Waals surface area contributed by atoms with Crippen LogP contribution in [0.2, 0.25) is 0 Å². The van der Waals surface area contributed by atoms with Gasteiger partial charge in [0.25, 0.3) is 0 Å². The van der Waals surface area contributed by atoms with Crippen LogP contribution in [0.1, 0.15) is 64.2 Å². The maximum Gasteiger partial charge on any atom is 0.315 e. The van der Waals surface area contributed by atoms with Crippen molar-refractivity contribution in [1.82, 2.24) is 15.5 Å². The third kappa shape index (κ3) is 9.49. The van der Waals surface area contributed by atoms with E-state index in [0.29, 0.717) is 13.0 Å². The third-order valence-corrected chi connectivity index (χ3v) is 11.6. The highest BCUT2D eigenvalue weighted by Crippen LogP contribution is 2.47. The molecule has 1 fully saturated rings. The molecule has 1 aliphatic heterocycles. The Balaban J connectivity index is 1.05. The van der Waals surface area contributed by atoms with Gasteiger partial charge in [0.1, 0.15) is 0 Å². The maximum absolute atomic E-state index is 12.9. The van der Waals surface area contributed by atoms with Gasteiger partial charge in [-0.05, 0) is 81.4 Å². The number of rotatable bonds is 14. The Morgan fingerprint density at radius 1 is 0.667 bits per heavy atom. The fourth-order valence-electron chi connectivity index (χ4n) is 8.42. The van der Waals surface area contributed by atoms with Crippen LogP contribution in [0, 0.1) is 0 Å². The molecule has 0 bridgehead atoms. The van der Waals surface area contributed by atoms with Crippen molar-refractivity contribution in [2.75, 3.05) is 13.6 Å². The average Bonchev–Trinajstić information content (AvgIpc) is 3.28. The maximum atomic E-state index is 12.9. The molecule has 0 saturated carbocycles. The van der Waals surface area contributed by atoms with Gasteiger partial charge in [0, 0.05) is 31.1 Å². The molecule has 60 heavy (non-hydrogen) atoms. The second kappa shape index (κ2) is 18.8. The van der Waals surface area contributed by atoms with E-state index in [1.165, 1.54) is 34.0 Å². The van der Waals surface area contributed by atoms with Gasteiger partial charge in [-0.25, -0.2) is 4.79 Å². The smallest absolute Gasteiger partial charge is 0.315 e. The van der Waals surface area contributed by atoms with Crippen LogP contribution < -0.4 is 10.6 Å². The number of hydrogen-bond donors (Lipinski definition) is 3. The number of Topliss-reactive ketones (excluding diaryl/α,β-unsaturated/α-hetero) is 1. The summed E-state index contributed by atoms with van der Waals surface area (Å²) in [5, 5.41) is 20.5. The lowest BCUT2D eigenvalue weighted by Crippen LogP contribution is -2.46. The molecular formula is C52H51N3O5. The first kappa shape index (κ1) is 40.6. The van der Waals surface area contributed by atoms with Gasteiger partial charge < -0.3 is 25.2 Å². The van der Waals surface area contributed by atoms with E-state index < -0.39 is 18.4 Å². The molecule has 8 nitrogen and oxygen atoms in total. The number of nitrogens with zero attached hydrogens (tertiary/aromatic N) is 1. The van der Waals surface area contributed by atoms with Crippen molar-refractivity contribution >= 4 is 33.4 Å². The Bertz CT molecular complexity index is 2470. The molecule has 0 radical (unpaired) electrons. The summed E-state index contributed by atoms with van der Waals surface area (Å²) < 4.78 is 14.0. The van der Waals surface area contributed by atoms with E-state index in [2.05, 4.69) is 101 Å². The van der Waals surface area contributed by atoms with Gasteiger partial charge in [-0.15, -0.1) is 0 Å². The second-order valence-electron chi connectivity index (χ2n) is 15.8. The van der Waals surface area contributed by atoms with Crippen LogP contribution in [0.4, 0.5) is 4.79 Å². The summed E-state index contributed by atoms with van der Waals surface area (Å²) >= 11 is 0. The van der Waals surface area contributed by atoms with Gasteiger partial charge in [0.2, 0.25) is 0 Å². The number of amides is 2. The zero-order chi connectivity index (χ0) is 41.4. The van der Waals surface area contributed by atoms with E-state index in [1.807, 2.05) is 84.9 Å². The minimum absolute atomic E-state index is 0.0379. The number of aliphatic hydroxyl groups excluding tert-OH is 1. The lowest BCUT2D eigenvalue weighted by molar-refractivity contribution is -0.263. The highest BCUT2D eigenvalue weighted by Gasteiger charge is 2.42. The van der Waals surface area contributed by atoms with Crippen molar-refractivity contribution < 1.29 is 24.2 Å². The van der Waals surface area contributed by atoms with E-state index in [0.717, 1.165) is 39.9 Å². The number of carbonyl (C=O) groups is 2. The zero-order valence-corrected chi connectivity index (χ0v) is 34.0. The fraction of sp³-hybridized carbons (Fsp3) is 0.231. The van der Waals surface area contributed by atoms with E-state index in [1.54, 1.807) is 0 Å². The van der Waals surface area contributed by atoms with Crippen LogP contribution in [-0.4, -0.2) is 47.6 Å². The molecule has 0 aliphatic carbocycles. The highest BCUT2D eigenvalue weighted by molar-refractivity contribution is 6.02. The molecule has 1 aliphatic rings. The SMILES string of the molecule is CC(=O)C(Cc1ccccc1)NC(=O)NCc1ccc(C2OC(CN(C)Cc3c4ccccc4cc4ccccc34)C(c3ccccc3)C(c3ccc(CO)cc3)O2)cc1. The Hall–Kier alpha value is -6.16. The first-order valence-corrected chi connectivity index (χ1v) is 20.6. The van der Waals surface area contributed by atoms with Crippen molar-refractivity contribution in [3.8, 4) is 0 Å². The van der Waals surface area contributed by atoms with Gasteiger partial charge in [-0.3, -0.25) is 9.69 Å². The van der Waals surface area contributed by atoms with E-state index in [9.17, 15) is 14.7 Å². The Morgan fingerprint density at radius 2 is 1.25 bits per heavy atom. The van der Waals surface area contributed by atoms with E-state index in [-0.39, 0.29) is 37.1 Å². The minimum atomic E-state index is -0.677. The quantitative estimate of drug-likeness (QED) is 0.0949. The molecule has 7 aromatic carbocycles. The van der Waals surface area contributed by atoms with Gasteiger partial charge in [0.15, 0.2) is 12.1 Å². The summed E-state index contributed by atoms with van der Waals surface area (Å²) in [5.74, 6) is -0.244. The normalized spacial score (nSPS) is 18.3. The van der Waals surface area contributed by atoms with E-state index in [4.69, 9.17) is 9.47 Å². The standard InChI is InChI=1S/C52H51N3O5/c1-35(57)47(29-36-13-5-3-6-14-36)54-52(58)53-31-37-21-27-41(28-22-37)51-59-48(49(39-15-7-4-8-16-39)50(60-51)40-25-23-38(34-56)24-26-40)33-55(2)32-46-44-19-11-9-17-42(44)30-43-18-10-12-20-45(43)46/h3-28,30,47-51,56H,29,31-34H2,1-2H3,(H2,53,54,58). The minimum Gasteiger partial charge on any atom is -0.392 e. The van der Waals surface area contributed by atoms with E-state index >= 15 is 0 Å². The average molecular weight is 798 g/mol. The summed E-state index contributed by atoms with van der Waals surface area (Å²) in [7, 11) is 2.16. The summed E-state index contributed by atoms with van der Waals surface area (Å²) in [5.41, 5.74) is 6.98. The summed E-state index contributed by atoms with van der Waals surface area (Å²) in [4.78, 5) is 27.7. The van der Waals surface area contributed by atoms with Crippen molar-refractivity contribution in [2.24, 2.45) is 0 Å². The molecule has 5 atom stereocenters. The van der Waals surface area contributed by atoms with Crippen molar-refractivity contribution in [1.29, 1.82) is 0 Å². The molecule has 3 N–H and O–H groups in total. The van der Waals surface area contributed by atoms with Gasteiger partial charge >= 0.3 is 6.03 Å². The van der Waals surface area contributed by atoms with Crippen molar-refractivity contribution in [3.05, 3.63) is 203 Å². The van der Waals surface area contributed by atoms with Crippen molar-refractivity contribution in [3.63, 3.8) is 0 Å². The largest absolute Gasteiger partial charge is 0.392 e. The number of nitrogens with one attached hydrogen (secondary N) is 2. The molecule has 1 heterocycles. The van der Waals surface area contributed by atoms with Crippen LogP contribution in [-0.2, 0) is 40.4 Å². The third-order valence-electron chi connectivity index (χ3n) is 11.6. The van der Waals surface area contributed by atoms with Gasteiger partial charge in [-0.1, -0.05) is 158 Å². The summed E-state index contributed by atoms with van der Waals surface area (Å²) in [6.45, 7) is 3.09. The molecular weight excluding hydrogens is 747 g/mol. The number of ether oxygens (including phenoxy) is 2. The first-order valence-electron chi connectivity index (χ1n) is 20.6. The predicted molar refractivity (Wildman–Crippen MR) is 237 cm³/mol. The molecule has 7 aromatic rings. The number of ketones is 1. The number of hydrogen-bond acceptors (Lipinski definition) is 6. The van der Waals surface area contributed by atoms with Crippen LogP contribution in [0.15, 0.2) is 164 Å². The Morgan fingerprint density at radius 3 is 1.88 bits per heavy atom. The summed E-state index contributed by atoms with van der Waals surface area (Å²) in [6, 6.07) is 54.5. The van der Waals surface area contributed by atoms with Gasteiger partial charge in [0.05, 0.1) is 24.9 Å². The zero-order valence-electron chi connectivity index (χ0n) is 34.0. The highest BCUT2D eigenvalue weighted by atomic mass is 16.7.